The highest BCUT2D eigenvalue weighted by Gasteiger charge is 2.01. The summed E-state index contributed by atoms with van der Waals surface area (Å²) < 4.78 is 5.52. The summed E-state index contributed by atoms with van der Waals surface area (Å²) in [5, 5.41) is 6.55. The van der Waals surface area contributed by atoms with Gasteiger partial charge in [-0.15, -0.1) is 0 Å². The Morgan fingerprint density at radius 3 is 2.81 bits per heavy atom. The van der Waals surface area contributed by atoms with Crippen LogP contribution in [0.5, 0.6) is 0 Å². The number of rotatable bonds is 9. The molecule has 0 aliphatic rings. The first-order chi connectivity index (χ1) is 10.3. The van der Waals surface area contributed by atoms with E-state index in [9.17, 15) is 0 Å². The molecule has 0 bridgehead atoms. The van der Waals surface area contributed by atoms with E-state index in [0.717, 1.165) is 44.3 Å². The fourth-order valence-corrected chi connectivity index (χ4v) is 1.82. The summed E-state index contributed by atoms with van der Waals surface area (Å²) in [7, 11) is 1.78. The molecule has 118 valence electrons. The van der Waals surface area contributed by atoms with Crippen molar-refractivity contribution >= 4 is 5.96 Å². The molecule has 1 heterocycles. The van der Waals surface area contributed by atoms with Crippen LogP contribution in [0, 0.1) is 6.92 Å². The molecule has 0 saturated heterocycles. The summed E-state index contributed by atoms with van der Waals surface area (Å²) in [5.41, 5.74) is 2.23. The van der Waals surface area contributed by atoms with Crippen molar-refractivity contribution in [1.82, 2.24) is 15.6 Å². The van der Waals surface area contributed by atoms with Gasteiger partial charge in [-0.25, -0.2) is 0 Å². The molecule has 1 rings (SSSR count). The summed E-state index contributed by atoms with van der Waals surface area (Å²) in [5.74, 6) is 0.800. The average Bonchev–Trinajstić information content (AvgIpc) is 2.51. The smallest absolute Gasteiger partial charge is 0.191 e. The molecule has 2 N–H and O–H groups in total. The summed E-state index contributed by atoms with van der Waals surface area (Å²) >= 11 is 0. The summed E-state index contributed by atoms with van der Waals surface area (Å²) in [6.07, 6.45) is 5.11. The van der Waals surface area contributed by atoms with Crippen LogP contribution in [0.15, 0.2) is 23.3 Å². The van der Waals surface area contributed by atoms with E-state index in [-0.39, 0.29) is 0 Å². The number of pyridine rings is 1. The van der Waals surface area contributed by atoms with Crippen molar-refractivity contribution in [2.45, 2.75) is 39.7 Å². The Balaban J connectivity index is 2.16. The number of hydrogen-bond acceptors (Lipinski definition) is 3. The lowest BCUT2D eigenvalue weighted by Gasteiger charge is -2.12. The predicted molar refractivity (Wildman–Crippen MR) is 87.5 cm³/mol. The van der Waals surface area contributed by atoms with E-state index in [1.165, 1.54) is 12.0 Å². The van der Waals surface area contributed by atoms with E-state index < -0.39 is 0 Å². The van der Waals surface area contributed by atoms with Crippen molar-refractivity contribution < 1.29 is 4.74 Å². The Morgan fingerprint density at radius 1 is 1.29 bits per heavy atom. The second-order valence-electron chi connectivity index (χ2n) is 4.94. The van der Waals surface area contributed by atoms with Crippen LogP contribution in [0.4, 0.5) is 0 Å². The second kappa shape index (κ2) is 11.1. The minimum Gasteiger partial charge on any atom is -0.381 e. The maximum atomic E-state index is 5.52. The maximum absolute atomic E-state index is 5.52. The molecule has 1 aromatic rings. The molecular weight excluding hydrogens is 264 g/mol. The van der Waals surface area contributed by atoms with Gasteiger partial charge >= 0.3 is 0 Å². The number of hydrogen-bond donors (Lipinski definition) is 2. The van der Waals surface area contributed by atoms with Crippen LogP contribution in [0.2, 0.25) is 0 Å². The van der Waals surface area contributed by atoms with Crippen molar-refractivity contribution in [3.05, 3.63) is 29.6 Å². The molecule has 5 heteroatoms. The van der Waals surface area contributed by atoms with E-state index in [2.05, 4.69) is 40.5 Å². The highest BCUT2D eigenvalue weighted by atomic mass is 16.5. The minimum atomic E-state index is 0.680. The molecule has 0 atom stereocenters. The first-order valence-corrected chi connectivity index (χ1v) is 7.70. The molecule has 0 fully saturated rings. The van der Waals surface area contributed by atoms with Crippen LogP contribution in [0.25, 0.3) is 0 Å². The van der Waals surface area contributed by atoms with Crippen molar-refractivity contribution in [1.29, 1.82) is 0 Å². The summed E-state index contributed by atoms with van der Waals surface area (Å²) in [6, 6.07) is 4.01. The van der Waals surface area contributed by atoms with Gasteiger partial charge in [0.05, 0.1) is 12.2 Å². The first-order valence-electron chi connectivity index (χ1n) is 7.70. The highest BCUT2D eigenvalue weighted by Crippen LogP contribution is 2.01. The number of unbranched alkanes of at least 4 members (excludes halogenated alkanes) is 1. The highest BCUT2D eigenvalue weighted by molar-refractivity contribution is 5.79. The molecule has 0 aliphatic heterocycles. The van der Waals surface area contributed by atoms with E-state index in [4.69, 9.17) is 4.74 Å². The lowest BCUT2D eigenvalue weighted by Crippen LogP contribution is -2.37. The summed E-state index contributed by atoms with van der Waals surface area (Å²) in [6.45, 7) is 7.43. The number of ether oxygens (including phenoxy) is 1. The lowest BCUT2D eigenvalue weighted by molar-refractivity contribution is 0.129. The molecule has 0 spiro atoms. The van der Waals surface area contributed by atoms with Crippen molar-refractivity contribution in [3.8, 4) is 0 Å². The average molecular weight is 292 g/mol. The number of guanidine groups is 1. The molecular formula is C16H28N4O. The standard InChI is InChI=1S/C16H28N4O/c1-4-5-11-21-12-7-10-19-16(17-3)20-13-15-14(2)8-6-9-18-15/h6,8-9H,4-5,7,10-13H2,1-3H3,(H2,17,19,20). The van der Waals surface area contributed by atoms with Gasteiger partial charge in [0.2, 0.25) is 0 Å². The van der Waals surface area contributed by atoms with Crippen LogP contribution in [-0.2, 0) is 11.3 Å². The zero-order valence-corrected chi connectivity index (χ0v) is 13.5. The molecule has 0 amide bonds. The van der Waals surface area contributed by atoms with E-state index in [1.54, 1.807) is 7.05 Å². The Morgan fingerprint density at radius 2 is 2.10 bits per heavy atom. The van der Waals surface area contributed by atoms with Crippen LogP contribution in [0.3, 0.4) is 0 Å². The molecule has 0 saturated carbocycles. The van der Waals surface area contributed by atoms with Gasteiger partial charge in [-0.2, -0.15) is 0 Å². The zero-order valence-electron chi connectivity index (χ0n) is 13.5. The predicted octanol–water partition coefficient (Wildman–Crippen LogP) is 2.26. The quantitative estimate of drug-likeness (QED) is 0.416. The Bertz CT molecular complexity index is 420. The van der Waals surface area contributed by atoms with Crippen molar-refractivity contribution in [2.24, 2.45) is 4.99 Å². The van der Waals surface area contributed by atoms with Gasteiger partial charge in [0, 0.05) is 33.0 Å². The molecule has 0 unspecified atom stereocenters. The number of aryl methyl sites for hydroxylation is 1. The van der Waals surface area contributed by atoms with Gasteiger partial charge in [0.15, 0.2) is 5.96 Å². The Hall–Kier alpha value is -1.62. The normalized spacial score (nSPS) is 11.5. The van der Waals surface area contributed by atoms with Crippen LogP contribution < -0.4 is 10.6 Å². The monoisotopic (exact) mass is 292 g/mol. The molecule has 0 aromatic carbocycles. The first kappa shape index (κ1) is 17.4. The molecule has 5 nitrogen and oxygen atoms in total. The minimum absolute atomic E-state index is 0.680. The molecule has 21 heavy (non-hydrogen) atoms. The molecule has 0 radical (unpaired) electrons. The van der Waals surface area contributed by atoms with Gasteiger partial charge in [-0.05, 0) is 31.4 Å². The van der Waals surface area contributed by atoms with Gasteiger partial charge in [0.1, 0.15) is 0 Å². The summed E-state index contributed by atoms with van der Waals surface area (Å²) in [4.78, 5) is 8.56. The van der Waals surface area contributed by atoms with Crippen molar-refractivity contribution in [2.75, 3.05) is 26.8 Å². The fraction of sp³-hybridized carbons (Fsp3) is 0.625. The van der Waals surface area contributed by atoms with Gasteiger partial charge in [0.25, 0.3) is 0 Å². The van der Waals surface area contributed by atoms with E-state index >= 15 is 0 Å². The van der Waals surface area contributed by atoms with Gasteiger partial charge in [-0.1, -0.05) is 19.4 Å². The van der Waals surface area contributed by atoms with Crippen LogP contribution in [-0.4, -0.2) is 37.7 Å². The zero-order chi connectivity index (χ0) is 15.3. The maximum Gasteiger partial charge on any atom is 0.191 e. The van der Waals surface area contributed by atoms with E-state index in [1.807, 2.05) is 12.3 Å². The number of aromatic nitrogens is 1. The third kappa shape index (κ3) is 7.66. The van der Waals surface area contributed by atoms with Crippen molar-refractivity contribution in [3.63, 3.8) is 0 Å². The topological polar surface area (TPSA) is 58.5 Å². The molecule has 0 aliphatic carbocycles. The Labute approximate surface area is 128 Å². The largest absolute Gasteiger partial charge is 0.381 e. The van der Waals surface area contributed by atoms with E-state index in [0.29, 0.717) is 6.54 Å². The third-order valence-corrected chi connectivity index (χ3v) is 3.16. The third-order valence-electron chi connectivity index (χ3n) is 3.16. The SMILES string of the molecule is CCCCOCCCNC(=NC)NCc1ncccc1C. The second-order valence-corrected chi connectivity index (χ2v) is 4.94. The van der Waals surface area contributed by atoms with Crippen LogP contribution >= 0.6 is 0 Å². The fourth-order valence-electron chi connectivity index (χ4n) is 1.82. The van der Waals surface area contributed by atoms with Gasteiger partial charge < -0.3 is 15.4 Å². The lowest BCUT2D eigenvalue weighted by atomic mass is 10.2. The van der Waals surface area contributed by atoms with Crippen LogP contribution in [0.1, 0.15) is 37.4 Å². The number of nitrogens with zero attached hydrogens (tertiary/aromatic N) is 2. The number of aliphatic imine (C=N–C) groups is 1. The Kier molecular flexibility index (Phi) is 9.20. The van der Waals surface area contributed by atoms with Gasteiger partial charge in [-0.3, -0.25) is 9.98 Å². The number of nitrogens with one attached hydrogen (secondary N) is 2. The molecule has 1 aromatic heterocycles.